The van der Waals surface area contributed by atoms with Gasteiger partial charge in [-0.05, 0) is 12.1 Å². The predicted molar refractivity (Wildman–Crippen MR) is 109 cm³/mol. The Morgan fingerprint density at radius 2 is 1.88 bits per heavy atom. The van der Waals surface area contributed by atoms with Gasteiger partial charge in [-0.25, -0.2) is 9.50 Å². The largest absolute Gasteiger partial charge is 0.463 e. The number of fused-ring (bicyclic) bond motifs is 1. The number of hydrogen-bond acceptors (Lipinski definition) is 11. The van der Waals surface area contributed by atoms with Crippen LogP contribution in [0.2, 0.25) is 0 Å². The molecule has 33 heavy (non-hydrogen) atoms. The van der Waals surface area contributed by atoms with Crippen molar-refractivity contribution in [3.8, 4) is 0 Å². The number of aliphatic hydroxyl groups is 1. The third-order valence-electron chi connectivity index (χ3n) is 4.90. The zero-order chi connectivity index (χ0) is 24.3. The van der Waals surface area contributed by atoms with E-state index < -0.39 is 42.0 Å². The van der Waals surface area contributed by atoms with Crippen molar-refractivity contribution in [2.24, 2.45) is 0 Å². The fraction of sp³-hybridized carbons (Fsp3) is 0.500. The summed E-state index contributed by atoms with van der Waals surface area (Å²) in [7, 11) is 0. The van der Waals surface area contributed by atoms with Crippen molar-refractivity contribution in [3.05, 3.63) is 24.2 Å². The molecular weight excluding hydrogens is 440 g/mol. The number of nitrogens with zero attached hydrogens (tertiary/aromatic N) is 3. The minimum atomic E-state index is -1.88. The quantitative estimate of drug-likeness (QED) is 0.409. The van der Waals surface area contributed by atoms with E-state index in [1.54, 1.807) is 12.1 Å². The maximum absolute atomic E-state index is 12.0. The van der Waals surface area contributed by atoms with Crippen LogP contribution in [0.25, 0.3) is 5.52 Å². The van der Waals surface area contributed by atoms with Crippen LogP contribution < -0.4 is 5.32 Å². The van der Waals surface area contributed by atoms with Crippen molar-refractivity contribution in [1.82, 2.24) is 14.6 Å². The number of carbonyl (C=O) groups excluding carboxylic acids is 4. The highest BCUT2D eigenvalue weighted by Gasteiger charge is 2.62. The van der Waals surface area contributed by atoms with E-state index in [1.807, 2.05) is 0 Å². The predicted octanol–water partition coefficient (Wildman–Crippen LogP) is -0.256. The van der Waals surface area contributed by atoms with Crippen molar-refractivity contribution < 1.29 is 43.2 Å². The summed E-state index contributed by atoms with van der Waals surface area (Å²) in [6.07, 6.45) is -3.13. The molecule has 0 aromatic carbocycles. The summed E-state index contributed by atoms with van der Waals surface area (Å²) in [5.74, 6) is -2.19. The van der Waals surface area contributed by atoms with E-state index in [0.717, 1.165) is 13.8 Å². The molecule has 1 saturated heterocycles. The molecule has 0 saturated carbocycles. The molecule has 4 atom stereocenters. The average molecular weight is 464 g/mol. The van der Waals surface area contributed by atoms with E-state index in [2.05, 4.69) is 15.4 Å². The summed E-state index contributed by atoms with van der Waals surface area (Å²) >= 11 is 0. The second kappa shape index (κ2) is 9.50. The third-order valence-corrected chi connectivity index (χ3v) is 4.90. The van der Waals surface area contributed by atoms with Crippen LogP contribution in [-0.2, 0) is 44.5 Å². The highest BCUT2D eigenvalue weighted by Crippen LogP contribution is 2.39. The number of anilines is 1. The van der Waals surface area contributed by atoms with Gasteiger partial charge in [0.05, 0.1) is 0 Å². The topological polar surface area (TPSA) is 168 Å². The number of carbonyl (C=O) groups is 4. The first-order valence-corrected chi connectivity index (χ1v) is 9.96. The highest BCUT2D eigenvalue weighted by atomic mass is 16.7. The van der Waals surface area contributed by atoms with Crippen LogP contribution in [0.5, 0.6) is 0 Å². The van der Waals surface area contributed by atoms with E-state index in [-0.39, 0.29) is 24.8 Å². The lowest BCUT2D eigenvalue weighted by atomic mass is 9.89. The standard InChI is InChI=1S/C20H24N4O9/c1-10(25)23-18-15-6-5-14(24(15)22-9-21-18)7-20(33-13(4)28)17(31-12(3)27)16(32-19(20)29)8-30-11(2)26/h5-6,9,16-17,19,29H,7-8H2,1-4H3,(H,21,22,23,25)/t16?,17-,19?,20+/m1/s1. The minimum absolute atomic E-state index is 0.201. The number of esters is 3. The van der Waals surface area contributed by atoms with Crippen LogP contribution in [0.4, 0.5) is 5.82 Å². The lowest BCUT2D eigenvalue weighted by Crippen LogP contribution is -2.55. The molecule has 0 spiro atoms. The summed E-state index contributed by atoms with van der Waals surface area (Å²) in [6, 6.07) is 3.25. The van der Waals surface area contributed by atoms with Gasteiger partial charge in [0, 0.05) is 39.8 Å². The molecule has 1 aliphatic heterocycles. The summed E-state index contributed by atoms with van der Waals surface area (Å²) in [4.78, 5) is 50.7. The molecule has 3 heterocycles. The number of aliphatic hydroxyl groups excluding tert-OH is 1. The minimum Gasteiger partial charge on any atom is -0.463 e. The van der Waals surface area contributed by atoms with Crippen molar-refractivity contribution >= 4 is 35.1 Å². The summed E-state index contributed by atoms with van der Waals surface area (Å²) in [5.41, 5.74) is -1.02. The monoisotopic (exact) mass is 464 g/mol. The first-order chi connectivity index (χ1) is 15.5. The van der Waals surface area contributed by atoms with Crippen molar-refractivity contribution in [3.63, 3.8) is 0 Å². The van der Waals surface area contributed by atoms with Gasteiger partial charge in [-0.2, -0.15) is 5.10 Å². The zero-order valence-corrected chi connectivity index (χ0v) is 18.4. The molecule has 3 rings (SSSR count). The third kappa shape index (κ3) is 5.09. The lowest BCUT2D eigenvalue weighted by Gasteiger charge is -2.35. The first-order valence-electron chi connectivity index (χ1n) is 9.96. The molecule has 13 nitrogen and oxygen atoms in total. The van der Waals surface area contributed by atoms with Crippen LogP contribution in [0.3, 0.4) is 0 Å². The fourth-order valence-corrected chi connectivity index (χ4v) is 3.76. The number of rotatable bonds is 7. The number of amides is 1. The maximum Gasteiger partial charge on any atom is 0.303 e. The van der Waals surface area contributed by atoms with Gasteiger partial charge in [0.15, 0.2) is 18.2 Å². The van der Waals surface area contributed by atoms with E-state index in [1.165, 1.54) is 24.7 Å². The van der Waals surface area contributed by atoms with Gasteiger partial charge in [0.1, 0.15) is 24.6 Å². The Balaban J connectivity index is 2.06. The SMILES string of the molecule is CC(=O)Nc1ncnn2c(C[C@@]3(OC(C)=O)C(O)OC(COC(C)=O)[C@H]3OC(C)=O)ccc12. The van der Waals surface area contributed by atoms with Gasteiger partial charge < -0.3 is 29.4 Å². The molecule has 2 N–H and O–H groups in total. The molecule has 2 unspecified atom stereocenters. The summed E-state index contributed by atoms with van der Waals surface area (Å²) in [5, 5.41) is 17.6. The summed E-state index contributed by atoms with van der Waals surface area (Å²) in [6.45, 7) is 4.44. The smallest absolute Gasteiger partial charge is 0.303 e. The molecule has 2 aromatic heterocycles. The van der Waals surface area contributed by atoms with Crippen molar-refractivity contribution in [2.45, 2.75) is 58.2 Å². The van der Waals surface area contributed by atoms with Gasteiger partial charge in [-0.15, -0.1) is 0 Å². The molecule has 0 aliphatic carbocycles. The molecule has 0 radical (unpaired) electrons. The van der Waals surface area contributed by atoms with E-state index in [0.29, 0.717) is 11.2 Å². The average Bonchev–Trinajstić information content (AvgIpc) is 3.21. The molecule has 1 aliphatic rings. The molecule has 2 aromatic rings. The molecular formula is C20H24N4O9. The van der Waals surface area contributed by atoms with Crippen molar-refractivity contribution in [2.75, 3.05) is 11.9 Å². The zero-order valence-electron chi connectivity index (χ0n) is 18.4. The Morgan fingerprint density at radius 1 is 1.15 bits per heavy atom. The molecule has 0 bridgehead atoms. The Labute approximate surface area is 188 Å². The number of hydrogen-bond donors (Lipinski definition) is 2. The van der Waals surface area contributed by atoms with E-state index in [9.17, 15) is 24.3 Å². The fourth-order valence-electron chi connectivity index (χ4n) is 3.76. The maximum atomic E-state index is 12.0. The van der Waals surface area contributed by atoms with Crippen LogP contribution >= 0.6 is 0 Å². The Kier molecular flexibility index (Phi) is 6.93. The van der Waals surface area contributed by atoms with Crippen LogP contribution in [0, 0.1) is 0 Å². The van der Waals surface area contributed by atoms with Gasteiger partial charge in [0.2, 0.25) is 11.5 Å². The van der Waals surface area contributed by atoms with Gasteiger partial charge in [-0.3, -0.25) is 19.2 Å². The van der Waals surface area contributed by atoms with Gasteiger partial charge in [0.25, 0.3) is 0 Å². The van der Waals surface area contributed by atoms with Crippen LogP contribution in [0.15, 0.2) is 18.5 Å². The normalized spacial score (nSPS) is 24.3. The van der Waals surface area contributed by atoms with Gasteiger partial charge >= 0.3 is 17.9 Å². The second-order valence-corrected chi connectivity index (χ2v) is 7.50. The number of aromatic nitrogens is 3. The molecule has 178 valence electrons. The number of ether oxygens (including phenoxy) is 4. The van der Waals surface area contributed by atoms with Crippen LogP contribution in [-0.4, -0.2) is 74.2 Å². The molecule has 1 fully saturated rings. The second-order valence-electron chi connectivity index (χ2n) is 7.50. The first kappa shape index (κ1) is 24.1. The molecule has 1 amide bonds. The van der Waals surface area contributed by atoms with E-state index in [4.69, 9.17) is 18.9 Å². The Hall–Kier alpha value is -3.58. The van der Waals surface area contributed by atoms with Crippen LogP contribution in [0.1, 0.15) is 33.4 Å². The van der Waals surface area contributed by atoms with Gasteiger partial charge in [-0.1, -0.05) is 0 Å². The lowest BCUT2D eigenvalue weighted by molar-refractivity contribution is -0.209. The highest BCUT2D eigenvalue weighted by molar-refractivity contribution is 5.91. The number of nitrogens with one attached hydrogen (secondary N) is 1. The van der Waals surface area contributed by atoms with Crippen molar-refractivity contribution in [1.29, 1.82) is 0 Å². The Bertz CT molecular complexity index is 1080. The summed E-state index contributed by atoms with van der Waals surface area (Å²) < 4.78 is 22.8. The Morgan fingerprint density at radius 3 is 2.48 bits per heavy atom. The van der Waals surface area contributed by atoms with E-state index >= 15 is 0 Å². The molecule has 13 heteroatoms.